The lowest BCUT2D eigenvalue weighted by Crippen LogP contribution is -2.15. The Morgan fingerprint density at radius 2 is 2.00 bits per heavy atom. The standard InChI is InChI=1S/C10H8F2N4OS/c11-6-3-5(4-7(12)8(6)16-13)9(17)15-10-14-1-2-18-10/h1-4,16H,13H2,(H,14,15,17). The van der Waals surface area contributed by atoms with Gasteiger partial charge in [0.2, 0.25) is 0 Å². The Bertz CT molecular complexity index is 550. The number of nitrogens with two attached hydrogens (primary N) is 1. The van der Waals surface area contributed by atoms with Crippen LogP contribution < -0.4 is 16.6 Å². The summed E-state index contributed by atoms with van der Waals surface area (Å²) < 4.78 is 26.7. The molecular formula is C10H8F2N4OS. The van der Waals surface area contributed by atoms with Crippen molar-refractivity contribution in [2.75, 3.05) is 10.7 Å². The quantitative estimate of drug-likeness (QED) is 0.588. The Balaban J connectivity index is 2.26. The third kappa shape index (κ3) is 2.44. The molecular weight excluding hydrogens is 262 g/mol. The molecule has 0 saturated carbocycles. The average Bonchev–Trinajstić information content (AvgIpc) is 2.81. The van der Waals surface area contributed by atoms with Gasteiger partial charge in [-0.25, -0.2) is 13.8 Å². The zero-order valence-corrected chi connectivity index (χ0v) is 9.72. The second kappa shape index (κ2) is 5.07. The number of anilines is 2. The number of thiazole rings is 1. The van der Waals surface area contributed by atoms with E-state index in [2.05, 4.69) is 10.3 Å². The number of hydrogen-bond acceptors (Lipinski definition) is 5. The van der Waals surface area contributed by atoms with Crippen molar-refractivity contribution in [1.29, 1.82) is 0 Å². The van der Waals surface area contributed by atoms with Gasteiger partial charge in [0.15, 0.2) is 16.8 Å². The molecule has 2 aromatic rings. The van der Waals surface area contributed by atoms with Gasteiger partial charge in [-0.2, -0.15) is 0 Å². The molecule has 5 nitrogen and oxygen atoms in total. The highest BCUT2D eigenvalue weighted by atomic mass is 32.1. The number of hydrogen-bond donors (Lipinski definition) is 3. The maximum atomic E-state index is 13.4. The molecule has 1 heterocycles. The third-order valence-electron chi connectivity index (χ3n) is 2.10. The lowest BCUT2D eigenvalue weighted by atomic mass is 10.1. The van der Waals surface area contributed by atoms with Crippen LogP contribution in [-0.4, -0.2) is 10.9 Å². The van der Waals surface area contributed by atoms with Gasteiger partial charge in [-0.3, -0.25) is 16.0 Å². The van der Waals surface area contributed by atoms with Crippen LogP contribution in [0.4, 0.5) is 19.6 Å². The maximum absolute atomic E-state index is 13.4. The van der Waals surface area contributed by atoms with E-state index in [0.29, 0.717) is 5.13 Å². The molecule has 4 N–H and O–H groups in total. The van der Waals surface area contributed by atoms with Gasteiger partial charge in [0.25, 0.3) is 5.91 Å². The predicted octanol–water partition coefficient (Wildman–Crippen LogP) is 1.96. The summed E-state index contributed by atoms with van der Waals surface area (Å²) in [5.41, 5.74) is 1.24. The molecule has 0 radical (unpaired) electrons. The first-order chi connectivity index (χ1) is 8.61. The van der Waals surface area contributed by atoms with E-state index in [0.717, 1.165) is 12.1 Å². The highest BCUT2D eigenvalue weighted by molar-refractivity contribution is 7.13. The first-order valence-electron chi connectivity index (χ1n) is 4.78. The monoisotopic (exact) mass is 270 g/mol. The number of rotatable bonds is 3. The summed E-state index contributed by atoms with van der Waals surface area (Å²) >= 11 is 1.20. The molecule has 8 heteroatoms. The molecule has 0 bridgehead atoms. The molecule has 1 aromatic heterocycles. The van der Waals surface area contributed by atoms with Crippen molar-refractivity contribution in [2.24, 2.45) is 5.84 Å². The van der Waals surface area contributed by atoms with Crippen molar-refractivity contribution in [1.82, 2.24) is 4.98 Å². The number of benzene rings is 1. The molecule has 0 saturated heterocycles. The van der Waals surface area contributed by atoms with E-state index in [1.54, 1.807) is 5.38 Å². The van der Waals surface area contributed by atoms with Gasteiger partial charge in [-0.05, 0) is 12.1 Å². The SMILES string of the molecule is NNc1c(F)cc(C(=O)Nc2nccs2)cc1F. The number of nitrogens with zero attached hydrogens (tertiary/aromatic N) is 1. The van der Waals surface area contributed by atoms with Gasteiger partial charge in [0, 0.05) is 17.1 Å². The van der Waals surface area contributed by atoms with Gasteiger partial charge in [-0.1, -0.05) is 0 Å². The highest BCUT2D eigenvalue weighted by Crippen LogP contribution is 2.20. The van der Waals surface area contributed by atoms with E-state index in [4.69, 9.17) is 5.84 Å². The first kappa shape index (κ1) is 12.4. The number of nitrogens with one attached hydrogen (secondary N) is 2. The van der Waals surface area contributed by atoms with E-state index in [1.807, 2.05) is 5.43 Å². The van der Waals surface area contributed by atoms with E-state index in [1.165, 1.54) is 17.5 Å². The number of aromatic nitrogens is 1. The fourth-order valence-electron chi connectivity index (χ4n) is 1.30. The molecule has 0 spiro atoms. The Labute approximate surface area is 105 Å². The predicted molar refractivity (Wildman–Crippen MR) is 64.2 cm³/mol. The van der Waals surface area contributed by atoms with Crippen molar-refractivity contribution >= 4 is 28.1 Å². The molecule has 1 amide bonds. The number of halogens is 2. The van der Waals surface area contributed by atoms with Gasteiger partial charge in [-0.15, -0.1) is 11.3 Å². The largest absolute Gasteiger partial charge is 0.319 e. The fraction of sp³-hybridized carbons (Fsp3) is 0. The van der Waals surface area contributed by atoms with Crippen LogP contribution in [-0.2, 0) is 0 Å². The lowest BCUT2D eigenvalue weighted by molar-refractivity contribution is 0.102. The van der Waals surface area contributed by atoms with Gasteiger partial charge < -0.3 is 5.43 Å². The minimum atomic E-state index is -0.943. The van der Waals surface area contributed by atoms with Gasteiger partial charge >= 0.3 is 0 Å². The molecule has 18 heavy (non-hydrogen) atoms. The normalized spacial score (nSPS) is 10.2. The molecule has 0 fully saturated rings. The third-order valence-corrected chi connectivity index (χ3v) is 2.79. The summed E-state index contributed by atoms with van der Waals surface area (Å²) in [6.45, 7) is 0. The summed E-state index contributed by atoms with van der Waals surface area (Å²) in [4.78, 5) is 15.5. The van der Waals surface area contributed by atoms with Crippen LogP contribution in [0.2, 0.25) is 0 Å². The lowest BCUT2D eigenvalue weighted by Gasteiger charge is -2.06. The molecule has 0 atom stereocenters. The van der Waals surface area contributed by atoms with Gasteiger partial charge in [0.1, 0.15) is 5.69 Å². The average molecular weight is 270 g/mol. The van der Waals surface area contributed by atoms with Crippen molar-refractivity contribution in [3.05, 3.63) is 40.9 Å². The molecule has 0 aliphatic heterocycles. The van der Waals surface area contributed by atoms with Crippen LogP contribution in [0.5, 0.6) is 0 Å². The molecule has 2 rings (SSSR count). The minimum absolute atomic E-state index is 0.154. The van der Waals surface area contributed by atoms with E-state index >= 15 is 0 Å². The first-order valence-corrected chi connectivity index (χ1v) is 5.66. The van der Waals surface area contributed by atoms with Crippen LogP contribution >= 0.6 is 11.3 Å². The molecule has 0 unspecified atom stereocenters. The van der Waals surface area contributed by atoms with E-state index in [9.17, 15) is 13.6 Å². The number of carbonyl (C=O) groups excluding carboxylic acids is 1. The molecule has 1 aromatic carbocycles. The Morgan fingerprint density at radius 1 is 1.33 bits per heavy atom. The number of hydrazine groups is 1. The maximum Gasteiger partial charge on any atom is 0.257 e. The van der Waals surface area contributed by atoms with Crippen LogP contribution in [0, 0.1) is 11.6 Å². The molecule has 94 valence electrons. The Morgan fingerprint density at radius 3 is 2.50 bits per heavy atom. The summed E-state index contributed by atoms with van der Waals surface area (Å²) in [6, 6.07) is 1.78. The summed E-state index contributed by atoms with van der Waals surface area (Å²) in [5.74, 6) is 2.42. The second-order valence-corrected chi connectivity index (χ2v) is 4.15. The Kier molecular flexibility index (Phi) is 3.49. The van der Waals surface area contributed by atoms with E-state index in [-0.39, 0.29) is 5.56 Å². The van der Waals surface area contributed by atoms with Crippen molar-refractivity contribution < 1.29 is 13.6 Å². The zero-order valence-electron chi connectivity index (χ0n) is 8.91. The van der Waals surface area contributed by atoms with Crippen molar-refractivity contribution in [3.63, 3.8) is 0 Å². The van der Waals surface area contributed by atoms with Gasteiger partial charge in [0.05, 0.1) is 0 Å². The topological polar surface area (TPSA) is 80.0 Å². The number of amides is 1. The van der Waals surface area contributed by atoms with Crippen LogP contribution in [0.15, 0.2) is 23.7 Å². The smallest absolute Gasteiger partial charge is 0.257 e. The summed E-state index contributed by atoms with van der Waals surface area (Å²) in [6.07, 6.45) is 1.50. The van der Waals surface area contributed by atoms with Crippen LogP contribution in [0.3, 0.4) is 0 Å². The second-order valence-electron chi connectivity index (χ2n) is 3.25. The number of nitrogen functional groups attached to an aromatic ring is 1. The van der Waals surface area contributed by atoms with Crippen molar-refractivity contribution in [2.45, 2.75) is 0 Å². The summed E-state index contributed by atoms with van der Waals surface area (Å²) in [7, 11) is 0. The minimum Gasteiger partial charge on any atom is -0.319 e. The van der Waals surface area contributed by atoms with Crippen molar-refractivity contribution in [3.8, 4) is 0 Å². The Hall–Kier alpha value is -2.06. The molecule has 0 aliphatic rings. The molecule has 0 aliphatic carbocycles. The van der Waals surface area contributed by atoms with Crippen LogP contribution in [0.25, 0.3) is 0 Å². The zero-order chi connectivity index (χ0) is 13.1. The highest BCUT2D eigenvalue weighted by Gasteiger charge is 2.15. The fourth-order valence-corrected chi connectivity index (χ4v) is 1.82. The van der Waals surface area contributed by atoms with Crippen LogP contribution in [0.1, 0.15) is 10.4 Å². The summed E-state index contributed by atoms with van der Waals surface area (Å²) in [5, 5.41) is 4.43. The number of carbonyl (C=O) groups is 1. The van der Waals surface area contributed by atoms with E-state index < -0.39 is 23.2 Å².